The van der Waals surface area contributed by atoms with Crippen LogP contribution in [0.25, 0.3) is 20.1 Å². The molecule has 0 spiro atoms. The fourth-order valence-electron chi connectivity index (χ4n) is 2.53. The molecule has 1 aromatic carbocycles. The van der Waals surface area contributed by atoms with E-state index in [-0.39, 0.29) is 0 Å². The van der Waals surface area contributed by atoms with Gasteiger partial charge in [0.15, 0.2) is 0 Å². The predicted molar refractivity (Wildman–Crippen MR) is 83.0 cm³/mol. The molecule has 2 nitrogen and oxygen atoms in total. The average Bonchev–Trinajstić information content (AvgIpc) is 3.00. The lowest BCUT2D eigenvalue weighted by Crippen LogP contribution is -2.24. The molecule has 1 aliphatic rings. The third kappa shape index (κ3) is 2.00. The Balaban J connectivity index is 1.80. The Hall–Kier alpha value is -1.23. The van der Waals surface area contributed by atoms with E-state index in [4.69, 9.17) is 4.98 Å². The van der Waals surface area contributed by atoms with E-state index in [0.717, 1.165) is 12.1 Å². The minimum absolute atomic E-state index is 1.09. The van der Waals surface area contributed by atoms with Gasteiger partial charge in [-0.2, -0.15) is 0 Å². The Morgan fingerprint density at radius 1 is 1.21 bits per heavy atom. The fourth-order valence-corrected chi connectivity index (χ4v) is 4.83. The van der Waals surface area contributed by atoms with Gasteiger partial charge in [-0.3, -0.25) is 0 Å². The summed E-state index contributed by atoms with van der Waals surface area (Å²) >= 11 is 3.71. The number of nitrogens with zero attached hydrogens (tertiary/aromatic N) is 2. The molecule has 19 heavy (non-hydrogen) atoms. The molecule has 0 aliphatic carbocycles. The van der Waals surface area contributed by atoms with Gasteiger partial charge in [-0.15, -0.1) is 22.7 Å². The summed E-state index contributed by atoms with van der Waals surface area (Å²) in [6.07, 6.45) is 1.17. The van der Waals surface area contributed by atoms with E-state index in [1.807, 2.05) is 11.3 Å². The molecule has 0 bridgehead atoms. The summed E-state index contributed by atoms with van der Waals surface area (Å²) < 4.78 is 1.28. The molecule has 0 unspecified atom stereocenters. The number of fused-ring (bicyclic) bond motifs is 2. The van der Waals surface area contributed by atoms with E-state index >= 15 is 0 Å². The topological polar surface area (TPSA) is 16.1 Å². The second-order valence-electron chi connectivity index (χ2n) is 5.03. The van der Waals surface area contributed by atoms with Gasteiger partial charge in [0.05, 0.1) is 15.1 Å². The number of hydrogen-bond acceptors (Lipinski definition) is 4. The second kappa shape index (κ2) is 4.40. The number of aromatic nitrogens is 1. The lowest BCUT2D eigenvalue weighted by molar-refractivity contribution is 0.317. The Morgan fingerprint density at radius 2 is 2.11 bits per heavy atom. The van der Waals surface area contributed by atoms with Crippen LogP contribution in [0.5, 0.6) is 0 Å². The van der Waals surface area contributed by atoms with Crippen molar-refractivity contribution in [2.24, 2.45) is 0 Å². The minimum atomic E-state index is 1.09. The highest BCUT2D eigenvalue weighted by Gasteiger charge is 2.18. The number of benzene rings is 1. The van der Waals surface area contributed by atoms with E-state index in [1.54, 1.807) is 11.3 Å². The van der Waals surface area contributed by atoms with Crippen LogP contribution in [-0.2, 0) is 13.0 Å². The largest absolute Gasteiger partial charge is 0.301 e. The molecule has 3 heterocycles. The Morgan fingerprint density at radius 3 is 3.00 bits per heavy atom. The predicted octanol–water partition coefficient (Wildman–Crippen LogP) is 4.01. The highest BCUT2D eigenvalue weighted by atomic mass is 32.1. The van der Waals surface area contributed by atoms with Crippen molar-refractivity contribution in [3.8, 4) is 9.88 Å². The summed E-state index contributed by atoms with van der Waals surface area (Å²) in [5, 5.41) is 1.17. The SMILES string of the molecule is CN1CCc2cc(-c3nc4ccccc4s3)sc2C1. The van der Waals surface area contributed by atoms with Gasteiger partial charge in [-0.05, 0) is 37.2 Å². The zero-order valence-corrected chi connectivity index (χ0v) is 12.4. The molecule has 0 fully saturated rings. The monoisotopic (exact) mass is 286 g/mol. The van der Waals surface area contributed by atoms with E-state index in [2.05, 4.69) is 42.3 Å². The van der Waals surface area contributed by atoms with Gasteiger partial charge in [0, 0.05) is 18.0 Å². The van der Waals surface area contributed by atoms with Gasteiger partial charge < -0.3 is 4.90 Å². The van der Waals surface area contributed by atoms with Gasteiger partial charge in [0.2, 0.25) is 0 Å². The van der Waals surface area contributed by atoms with Gasteiger partial charge in [0.1, 0.15) is 5.01 Å². The van der Waals surface area contributed by atoms with E-state index in [0.29, 0.717) is 0 Å². The highest BCUT2D eigenvalue weighted by Crippen LogP contribution is 2.38. The first kappa shape index (κ1) is 11.6. The van der Waals surface area contributed by atoms with Crippen LogP contribution in [-0.4, -0.2) is 23.5 Å². The number of likely N-dealkylation sites (N-methyl/N-ethyl adjacent to an activating group) is 1. The lowest BCUT2D eigenvalue weighted by Gasteiger charge is -2.21. The second-order valence-corrected chi connectivity index (χ2v) is 7.20. The molecular weight excluding hydrogens is 272 g/mol. The number of rotatable bonds is 1. The van der Waals surface area contributed by atoms with Gasteiger partial charge in [-0.25, -0.2) is 4.98 Å². The zero-order valence-electron chi connectivity index (χ0n) is 10.7. The normalized spacial score (nSPS) is 15.8. The molecule has 1 aliphatic heterocycles. The Kier molecular flexibility index (Phi) is 2.69. The van der Waals surface area contributed by atoms with Crippen molar-refractivity contribution in [3.63, 3.8) is 0 Å². The molecule has 0 radical (unpaired) electrons. The maximum atomic E-state index is 4.76. The van der Waals surface area contributed by atoms with E-state index in [1.165, 1.54) is 38.0 Å². The summed E-state index contributed by atoms with van der Waals surface area (Å²) in [6, 6.07) is 10.7. The number of thiazole rings is 1. The minimum Gasteiger partial charge on any atom is -0.301 e. The van der Waals surface area contributed by atoms with Crippen molar-refractivity contribution >= 4 is 32.9 Å². The molecule has 0 saturated carbocycles. The van der Waals surface area contributed by atoms with Crippen LogP contribution in [0.1, 0.15) is 10.4 Å². The van der Waals surface area contributed by atoms with Crippen LogP contribution in [0.3, 0.4) is 0 Å². The summed E-state index contributed by atoms with van der Waals surface area (Å²) in [6.45, 7) is 2.26. The standard InChI is InChI=1S/C15H14N2S2/c1-17-7-6-10-8-13(18-14(10)9-17)15-16-11-4-2-3-5-12(11)19-15/h2-5,8H,6-7,9H2,1H3. The summed E-state index contributed by atoms with van der Waals surface area (Å²) in [5.41, 5.74) is 2.64. The Bertz CT molecular complexity index is 709. The molecule has 0 saturated heterocycles. The number of para-hydroxylation sites is 1. The van der Waals surface area contributed by atoms with Crippen LogP contribution >= 0.6 is 22.7 Å². The average molecular weight is 286 g/mol. The quantitative estimate of drug-likeness (QED) is 0.672. The molecule has 0 atom stereocenters. The molecule has 0 amide bonds. The van der Waals surface area contributed by atoms with Crippen molar-refractivity contribution in [2.75, 3.05) is 13.6 Å². The van der Waals surface area contributed by atoms with E-state index < -0.39 is 0 Å². The zero-order chi connectivity index (χ0) is 12.8. The first-order valence-corrected chi connectivity index (χ1v) is 8.09. The van der Waals surface area contributed by atoms with Crippen molar-refractivity contribution in [1.82, 2.24) is 9.88 Å². The molecule has 3 aromatic rings. The fraction of sp³-hybridized carbons (Fsp3) is 0.267. The number of hydrogen-bond donors (Lipinski definition) is 0. The molecule has 2 aromatic heterocycles. The molecular formula is C15H14N2S2. The van der Waals surface area contributed by atoms with Gasteiger partial charge in [0.25, 0.3) is 0 Å². The number of thiophene rings is 1. The van der Waals surface area contributed by atoms with Crippen molar-refractivity contribution in [3.05, 3.63) is 40.8 Å². The Labute approximate surface area is 120 Å². The lowest BCUT2D eigenvalue weighted by atomic mass is 10.1. The smallest absolute Gasteiger partial charge is 0.134 e. The van der Waals surface area contributed by atoms with Crippen molar-refractivity contribution in [2.45, 2.75) is 13.0 Å². The first-order chi connectivity index (χ1) is 9.29. The first-order valence-electron chi connectivity index (χ1n) is 6.46. The summed E-state index contributed by atoms with van der Waals surface area (Å²) in [4.78, 5) is 10.0. The maximum absolute atomic E-state index is 4.76. The molecule has 4 heteroatoms. The van der Waals surface area contributed by atoms with Crippen LogP contribution in [0.4, 0.5) is 0 Å². The summed E-state index contributed by atoms with van der Waals surface area (Å²) in [7, 11) is 2.19. The van der Waals surface area contributed by atoms with Crippen molar-refractivity contribution in [1.29, 1.82) is 0 Å². The highest BCUT2D eigenvalue weighted by molar-refractivity contribution is 7.25. The van der Waals surface area contributed by atoms with Crippen LogP contribution in [0.15, 0.2) is 30.3 Å². The van der Waals surface area contributed by atoms with Crippen LogP contribution in [0.2, 0.25) is 0 Å². The third-order valence-electron chi connectivity index (χ3n) is 3.58. The van der Waals surface area contributed by atoms with E-state index in [9.17, 15) is 0 Å². The van der Waals surface area contributed by atoms with Crippen LogP contribution in [0, 0.1) is 0 Å². The van der Waals surface area contributed by atoms with Crippen molar-refractivity contribution < 1.29 is 0 Å². The van der Waals surface area contributed by atoms with Gasteiger partial charge in [-0.1, -0.05) is 12.1 Å². The third-order valence-corrected chi connectivity index (χ3v) is 5.95. The van der Waals surface area contributed by atoms with Gasteiger partial charge >= 0.3 is 0 Å². The molecule has 0 N–H and O–H groups in total. The van der Waals surface area contributed by atoms with Crippen LogP contribution < -0.4 is 0 Å². The molecule has 4 rings (SSSR count). The molecule has 96 valence electrons. The summed E-state index contributed by atoms with van der Waals surface area (Å²) in [5.74, 6) is 0. The maximum Gasteiger partial charge on any atom is 0.134 e.